The van der Waals surface area contributed by atoms with Crippen molar-refractivity contribution in [1.29, 1.82) is 0 Å². The Morgan fingerprint density at radius 1 is 1.29 bits per heavy atom. The molecule has 0 aromatic carbocycles. The molecule has 1 aliphatic rings. The molecular weight excluding hydrogens is 290 g/mol. The van der Waals surface area contributed by atoms with Gasteiger partial charge in [0.1, 0.15) is 4.90 Å². The molecule has 0 amide bonds. The van der Waals surface area contributed by atoms with E-state index in [-0.39, 0.29) is 11.5 Å². The fourth-order valence-electron chi connectivity index (χ4n) is 3.01. The van der Waals surface area contributed by atoms with Crippen LogP contribution in [0.2, 0.25) is 0 Å². The molecule has 0 atom stereocenters. The molecule has 6 nitrogen and oxygen atoms in total. The third-order valence-corrected chi connectivity index (χ3v) is 6.71. The van der Waals surface area contributed by atoms with E-state index in [1.165, 1.54) is 17.1 Å². The van der Waals surface area contributed by atoms with E-state index in [0.717, 1.165) is 25.7 Å². The Labute approximate surface area is 126 Å². The van der Waals surface area contributed by atoms with E-state index in [9.17, 15) is 8.42 Å². The fourth-order valence-corrected chi connectivity index (χ4v) is 4.41. The Hall–Kier alpha value is -0.920. The molecule has 0 saturated carbocycles. The maximum atomic E-state index is 12.6. The van der Waals surface area contributed by atoms with Crippen LogP contribution in [0.4, 0.5) is 0 Å². The van der Waals surface area contributed by atoms with E-state index >= 15 is 0 Å². The summed E-state index contributed by atoms with van der Waals surface area (Å²) in [6.45, 7) is 5.79. The minimum absolute atomic E-state index is 0.0552. The lowest BCUT2D eigenvalue weighted by molar-refractivity contribution is 0.141. The monoisotopic (exact) mass is 315 g/mol. The second kappa shape index (κ2) is 6.46. The Balaban J connectivity index is 2.10. The molecule has 0 bridgehead atoms. The second-order valence-corrected chi connectivity index (χ2v) is 7.71. The van der Waals surface area contributed by atoms with Gasteiger partial charge in [-0.15, -0.1) is 0 Å². The molecule has 7 heteroatoms. The molecule has 1 aromatic heterocycles. The summed E-state index contributed by atoms with van der Waals surface area (Å²) in [7, 11) is -3.46. The van der Waals surface area contributed by atoms with Crippen LogP contribution in [-0.2, 0) is 16.6 Å². The molecule has 1 aliphatic heterocycles. The molecule has 120 valence electrons. The summed E-state index contributed by atoms with van der Waals surface area (Å²) in [5, 5.41) is 12.9. The molecule has 1 N–H and O–H groups in total. The van der Waals surface area contributed by atoms with Crippen molar-refractivity contribution in [1.82, 2.24) is 14.1 Å². The van der Waals surface area contributed by atoms with Crippen molar-refractivity contribution in [3.05, 3.63) is 12.4 Å². The number of aromatic nitrogens is 2. The van der Waals surface area contributed by atoms with Gasteiger partial charge in [0.15, 0.2) is 0 Å². The lowest BCUT2D eigenvalue weighted by atomic mass is 9.75. The summed E-state index contributed by atoms with van der Waals surface area (Å²) in [6.07, 6.45) is 6.91. The SMILES string of the molecule is CCC1(CC)CCN(S(=O)(=O)c2cnn(CCO)c2)CC1. The zero-order valence-corrected chi connectivity index (χ0v) is 13.6. The molecule has 0 unspecified atom stereocenters. The average Bonchev–Trinajstić information content (AvgIpc) is 2.97. The van der Waals surface area contributed by atoms with Crippen LogP contribution in [0.1, 0.15) is 39.5 Å². The number of hydrogen-bond donors (Lipinski definition) is 1. The number of sulfonamides is 1. The van der Waals surface area contributed by atoms with Gasteiger partial charge in [-0.1, -0.05) is 26.7 Å². The lowest BCUT2D eigenvalue weighted by Crippen LogP contribution is -2.42. The highest BCUT2D eigenvalue weighted by molar-refractivity contribution is 7.89. The van der Waals surface area contributed by atoms with Crippen molar-refractivity contribution in [2.24, 2.45) is 5.41 Å². The number of hydrogen-bond acceptors (Lipinski definition) is 4. The van der Waals surface area contributed by atoms with Crippen molar-refractivity contribution < 1.29 is 13.5 Å². The molecule has 0 spiro atoms. The predicted octanol–water partition coefficient (Wildman–Crippen LogP) is 1.47. The zero-order valence-electron chi connectivity index (χ0n) is 12.8. The van der Waals surface area contributed by atoms with Crippen molar-refractivity contribution in [2.45, 2.75) is 51.0 Å². The van der Waals surface area contributed by atoms with Crippen LogP contribution in [0, 0.1) is 5.41 Å². The van der Waals surface area contributed by atoms with Gasteiger partial charge in [0.2, 0.25) is 10.0 Å². The highest BCUT2D eigenvalue weighted by Crippen LogP contribution is 2.39. The zero-order chi connectivity index (χ0) is 15.5. The number of rotatable bonds is 6. The summed E-state index contributed by atoms with van der Waals surface area (Å²) >= 11 is 0. The van der Waals surface area contributed by atoms with Crippen LogP contribution in [0.25, 0.3) is 0 Å². The number of nitrogens with zero attached hydrogens (tertiary/aromatic N) is 3. The third-order valence-electron chi connectivity index (χ3n) is 4.86. The van der Waals surface area contributed by atoms with Crippen LogP contribution in [0.3, 0.4) is 0 Å². The van der Waals surface area contributed by atoms with Gasteiger partial charge in [0, 0.05) is 19.3 Å². The Bertz CT molecular complexity index is 554. The molecule has 1 saturated heterocycles. The fraction of sp³-hybridized carbons (Fsp3) is 0.786. The first-order chi connectivity index (χ1) is 9.97. The van der Waals surface area contributed by atoms with Crippen LogP contribution >= 0.6 is 0 Å². The topological polar surface area (TPSA) is 75.4 Å². The quantitative estimate of drug-likeness (QED) is 0.862. The predicted molar refractivity (Wildman–Crippen MR) is 80.3 cm³/mol. The Morgan fingerprint density at radius 2 is 1.90 bits per heavy atom. The number of aliphatic hydroxyl groups is 1. The van der Waals surface area contributed by atoms with Gasteiger partial charge in [-0.25, -0.2) is 8.42 Å². The summed E-state index contributed by atoms with van der Waals surface area (Å²) < 4.78 is 28.2. The van der Waals surface area contributed by atoms with E-state index in [2.05, 4.69) is 18.9 Å². The van der Waals surface area contributed by atoms with Crippen LogP contribution < -0.4 is 0 Å². The Morgan fingerprint density at radius 3 is 2.43 bits per heavy atom. The molecule has 0 aliphatic carbocycles. The van der Waals surface area contributed by atoms with E-state index in [1.807, 2.05) is 0 Å². The smallest absolute Gasteiger partial charge is 0.246 e. The van der Waals surface area contributed by atoms with Gasteiger partial charge in [-0.3, -0.25) is 4.68 Å². The number of piperidine rings is 1. The van der Waals surface area contributed by atoms with Gasteiger partial charge in [-0.05, 0) is 18.3 Å². The second-order valence-electron chi connectivity index (χ2n) is 5.77. The highest BCUT2D eigenvalue weighted by Gasteiger charge is 2.36. The largest absolute Gasteiger partial charge is 0.394 e. The molecular formula is C14H25N3O3S. The molecule has 2 heterocycles. The minimum atomic E-state index is -3.46. The maximum absolute atomic E-state index is 12.6. The van der Waals surface area contributed by atoms with E-state index < -0.39 is 10.0 Å². The van der Waals surface area contributed by atoms with Crippen molar-refractivity contribution >= 4 is 10.0 Å². The molecule has 2 rings (SSSR count). The molecule has 1 fully saturated rings. The third kappa shape index (κ3) is 3.30. The van der Waals surface area contributed by atoms with Crippen molar-refractivity contribution in [3.63, 3.8) is 0 Å². The Kier molecular flexibility index (Phi) is 5.06. The van der Waals surface area contributed by atoms with Crippen LogP contribution in [0.5, 0.6) is 0 Å². The first kappa shape index (κ1) is 16.5. The van der Waals surface area contributed by atoms with Crippen LogP contribution in [-0.4, -0.2) is 47.3 Å². The normalized spacial score (nSPS) is 19.8. The molecule has 0 radical (unpaired) electrons. The molecule has 1 aromatic rings. The van der Waals surface area contributed by atoms with Crippen molar-refractivity contribution in [3.8, 4) is 0 Å². The van der Waals surface area contributed by atoms with Gasteiger partial charge >= 0.3 is 0 Å². The minimum Gasteiger partial charge on any atom is -0.394 e. The maximum Gasteiger partial charge on any atom is 0.246 e. The standard InChI is InChI=1S/C14H25N3O3S/c1-3-14(4-2)5-7-17(8-6-14)21(19,20)13-11-15-16(12-13)9-10-18/h11-12,18H,3-10H2,1-2H3. The van der Waals surface area contributed by atoms with Gasteiger partial charge in [0.25, 0.3) is 0 Å². The number of aliphatic hydroxyl groups excluding tert-OH is 1. The van der Waals surface area contributed by atoms with Crippen LogP contribution in [0.15, 0.2) is 17.3 Å². The average molecular weight is 315 g/mol. The van der Waals surface area contributed by atoms with Crippen molar-refractivity contribution in [2.75, 3.05) is 19.7 Å². The summed E-state index contributed by atoms with van der Waals surface area (Å²) in [4.78, 5) is 0.219. The van der Waals surface area contributed by atoms with Gasteiger partial charge in [0.05, 0.1) is 19.3 Å². The molecule has 21 heavy (non-hydrogen) atoms. The van der Waals surface area contributed by atoms with E-state index in [1.54, 1.807) is 4.31 Å². The van der Waals surface area contributed by atoms with E-state index in [4.69, 9.17) is 5.11 Å². The van der Waals surface area contributed by atoms with Gasteiger partial charge < -0.3 is 5.11 Å². The highest BCUT2D eigenvalue weighted by atomic mass is 32.2. The lowest BCUT2D eigenvalue weighted by Gasteiger charge is -2.40. The first-order valence-electron chi connectivity index (χ1n) is 7.61. The summed E-state index contributed by atoms with van der Waals surface area (Å²) in [5.41, 5.74) is 0.299. The summed E-state index contributed by atoms with van der Waals surface area (Å²) in [5.74, 6) is 0. The van der Waals surface area contributed by atoms with Gasteiger partial charge in [-0.2, -0.15) is 9.40 Å². The van der Waals surface area contributed by atoms with E-state index in [0.29, 0.717) is 25.0 Å². The summed E-state index contributed by atoms with van der Waals surface area (Å²) in [6, 6.07) is 0. The first-order valence-corrected chi connectivity index (χ1v) is 9.05.